The minimum absolute atomic E-state index is 0.0227. The molecule has 2 aliphatic heterocycles. The molecule has 2 heterocycles. The zero-order valence-electron chi connectivity index (χ0n) is 19.9. The Morgan fingerprint density at radius 3 is 2.14 bits per heavy atom. The van der Waals surface area contributed by atoms with E-state index in [9.17, 15) is 22.4 Å². The van der Waals surface area contributed by atoms with Crippen molar-refractivity contribution in [2.24, 2.45) is 5.14 Å². The molecule has 2 saturated heterocycles. The Bertz CT molecular complexity index is 1220. The van der Waals surface area contributed by atoms with E-state index in [0.717, 1.165) is 37.2 Å². The van der Waals surface area contributed by atoms with Gasteiger partial charge in [-0.3, -0.25) is 9.59 Å². The van der Waals surface area contributed by atoms with Gasteiger partial charge in [0.05, 0.1) is 10.6 Å². The van der Waals surface area contributed by atoms with Crippen molar-refractivity contribution in [1.29, 1.82) is 0 Å². The predicted octanol–water partition coefficient (Wildman–Crippen LogP) is 2.56. The number of hydrogen-bond acceptors (Lipinski definition) is 6. The number of ketones is 1. The highest BCUT2D eigenvalue weighted by Crippen LogP contribution is 2.28. The lowest BCUT2D eigenvalue weighted by molar-refractivity contribution is -0.131. The molecule has 2 N–H and O–H groups in total. The number of carbonyl (C=O) groups excluding carboxylic acids is 2. The first-order valence-corrected chi connectivity index (χ1v) is 13.4. The molecule has 4 rings (SSSR count). The van der Waals surface area contributed by atoms with Gasteiger partial charge in [0.1, 0.15) is 5.82 Å². The maximum absolute atomic E-state index is 14.5. The third-order valence-electron chi connectivity index (χ3n) is 6.76. The van der Waals surface area contributed by atoms with Gasteiger partial charge in [-0.25, -0.2) is 17.9 Å². The lowest BCUT2D eigenvalue weighted by Crippen LogP contribution is -2.49. The van der Waals surface area contributed by atoms with Gasteiger partial charge in [0.15, 0.2) is 5.78 Å². The first-order valence-electron chi connectivity index (χ1n) is 11.9. The van der Waals surface area contributed by atoms with Crippen molar-refractivity contribution in [3.05, 3.63) is 53.3 Å². The van der Waals surface area contributed by atoms with Gasteiger partial charge in [0.25, 0.3) is 0 Å². The van der Waals surface area contributed by atoms with Crippen molar-refractivity contribution in [2.45, 2.75) is 37.5 Å². The van der Waals surface area contributed by atoms with Gasteiger partial charge in [0.2, 0.25) is 15.9 Å². The molecular formula is C25H31FN4O4S. The summed E-state index contributed by atoms with van der Waals surface area (Å²) < 4.78 is 38.2. The standard InChI is InChI=1S/C25H31FN4O4S/c1-18(31)19-4-7-24(22(26)17-19)29-12-14-30(15-13-29)25(32)9-5-20-16-21(35(27,33)34)6-8-23(20)28-10-2-3-11-28/h4,6-8,16-17H,2-3,5,9-15H2,1H3,(H2,27,33,34). The average Bonchev–Trinajstić information content (AvgIpc) is 3.36. The maximum atomic E-state index is 14.5. The quantitative estimate of drug-likeness (QED) is 0.584. The van der Waals surface area contributed by atoms with Crippen LogP contribution in [0.25, 0.3) is 0 Å². The van der Waals surface area contributed by atoms with Crippen LogP contribution in [0.15, 0.2) is 41.3 Å². The Morgan fingerprint density at radius 2 is 1.54 bits per heavy atom. The van der Waals surface area contributed by atoms with Crippen molar-refractivity contribution in [1.82, 2.24) is 4.90 Å². The van der Waals surface area contributed by atoms with Gasteiger partial charge in [-0.05, 0) is 68.1 Å². The molecule has 0 atom stereocenters. The molecule has 8 nitrogen and oxygen atoms in total. The number of nitrogens with zero attached hydrogens (tertiary/aromatic N) is 3. The summed E-state index contributed by atoms with van der Waals surface area (Å²) in [4.78, 5) is 30.3. The van der Waals surface area contributed by atoms with E-state index in [1.54, 1.807) is 29.2 Å². The topological polar surface area (TPSA) is 104 Å². The fraction of sp³-hybridized carbons (Fsp3) is 0.440. The molecule has 0 aromatic heterocycles. The molecule has 1 amide bonds. The summed E-state index contributed by atoms with van der Waals surface area (Å²) >= 11 is 0. The summed E-state index contributed by atoms with van der Waals surface area (Å²) in [7, 11) is -3.84. The van der Waals surface area contributed by atoms with Crippen LogP contribution in [0.5, 0.6) is 0 Å². The van der Waals surface area contributed by atoms with Crippen molar-refractivity contribution < 1.29 is 22.4 Å². The first-order chi connectivity index (χ1) is 16.6. The molecule has 10 heteroatoms. The van der Waals surface area contributed by atoms with E-state index < -0.39 is 15.8 Å². The van der Waals surface area contributed by atoms with Crippen LogP contribution in [0.2, 0.25) is 0 Å². The number of sulfonamides is 1. The van der Waals surface area contributed by atoms with Crippen molar-refractivity contribution in [3.8, 4) is 0 Å². The number of amides is 1. The number of halogens is 1. The lowest BCUT2D eigenvalue weighted by atomic mass is 10.1. The molecule has 188 valence electrons. The van der Waals surface area contributed by atoms with E-state index in [0.29, 0.717) is 43.9 Å². The number of aryl methyl sites for hydroxylation is 1. The van der Waals surface area contributed by atoms with Gasteiger partial charge >= 0.3 is 0 Å². The second-order valence-electron chi connectivity index (χ2n) is 9.12. The number of anilines is 2. The summed E-state index contributed by atoms with van der Waals surface area (Å²) in [6.45, 7) is 5.11. The van der Waals surface area contributed by atoms with Crippen LogP contribution >= 0.6 is 0 Å². The lowest BCUT2D eigenvalue weighted by Gasteiger charge is -2.36. The van der Waals surface area contributed by atoms with Crippen LogP contribution in [0.3, 0.4) is 0 Å². The Kier molecular flexibility index (Phi) is 7.42. The molecule has 0 bridgehead atoms. The third kappa shape index (κ3) is 5.82. The van der Waals surface area contributed by atoms with Crippen molar-refractivity contribution in [2.75, 3.05) is 49.1 Å². The van der Waals surface area contributed by atoms with Gasteiger partial charge < -0.3 is 14.7 Å². The zero-order valence-corrected chi connectivity index (χ0v) is 20.7. The van der Waals surface area contributed by atoms with Crippen LogP contribution in [-0.4, -0.2) is 64.3 Å². The molecular weight excluding hydrogens is 471 g/mol. The van der Waals surface area contributed by atoms with Crippen LogP contribution in [0, 0.1) is 5.82 Å². The summed E-state index contributed by atoms with van der Waals surface area (Å²) in [5.74, 6) is -0.652. The molecule has 0 aliphatic carbocycles. The summed E-state index contributed by atoms with van der Waals surface area (Å²) in [5.41, 5.74) is 2.52. The Balaban J connectivity index is 1.39. The smallest absolute Gasteiger partial charge is 0.238 e. The van der Waals surface area contributed by atoms with E-state index in [1.165, 1.54) is 19.1 Å². The molecule has 0 unspecified atom stereocenters. The number of primary sulfonamides is 1. The second-order valence-corrected chi connectivity index (χ2v) is 10.7. The minimum atomic E-state index is -3.84. The Morgan fingerprint density at radius 1 is 0.914 bits per heavy atom. The van der Waals surface area contributed by atoms with Crippen LogP contribution < -0.4 is 14.9 Å². The molecule has 2 aromatic carbocycles. The largest absolute Gasteiger partial charge is 0.371 e. The first kappa shape index (κ1) is 25.1. The summed E-state index contributed by atoms with van der Waals surface area (Å²) in [6.07, 6.45) is 2.82. The van der Waals surface area contributed by atoms with E-state index in [1.807, 2.05) is 4.90 Å². The van der Waals surface area contributed by atoms with Gasteiger partial charge in [-0.15, -0.1) is 0 Å². The van der Waals surface area contributed by atoms with E-state index in [-0.39, 0.29) is 23.0 Å². The van der Waals surface area contributed by atoms with Gasteiger partial charge in [-0.2, -0.15) is 0 Å². The summed E-state index contributed by atoms with van der Waals surface area (Å²) in [5, 5.41) is 5.33. The second kappa shape index (κ2) is 10.3. The van der Waals surface area contributed by atoms with Crippen molar-refractivity contribution >= 4 is 33.1 Å². The SMILES string of the molecule is CC(=O)c1ccc(N2CCN(C(=O)CCc3cc(S(N)(=O)=O)ccc3N3CCCC3)CC2)c(F)c1. The normalized spacial score (nSPS) is 16.6. The number of benzene rings is 2. The van der Waals surface area contributed by atoms with E-state index in [2.05, 4.69) is 4.90 Å². The number of hydrogen-bond donors (Lipinski definition) is 1. The third-order valence-corrected chi connectivity index (χ3v) is 7.67. The highest BCUT2D eigenvalue weighted by atomic mass is 32.2. The van der Waals surface area contributed by atoms with Crippen molar-refractivity contribution in [3.63, 3.8) is 0 Å². The fourth-order valence-electron chi connectivity index (χ4n) is 4.78. The van der Waals surface area contributed by atoms with Gasteiger partial charge in [-0.1, -0.05) is 0 Å². The number of piperazine rings is 1. The highest BCUT2D eigenvalue weighted by molar-refractivity contribution is 7.89. The number of Topliss-reactive ketones (excluding diaryl/α,β-unsaturated/α-hetero) is 1. The van der Waals surface area contributed by atoms with Crippen LogP contribution in [0.1, 0.15) is 42.1 Å². The maximum Gasteiger partial charge on any atom is 0.238 e. The minimum Gasteiger partial charge on any atom is -0.371 e. The number of nitrogens with two attached hydrogens (primary N) is 1. The van der Waals surface area contributed by atoms with Crippen LogP contribution in [0.4, 0.5) is 15.8 Å². The average molecular weight is 503 g/mol. The molecule has 35 heavy (non-hydrogen) atoms. The predicted molar refractivity (Wildman–Crippen MR) is 133 cm³/mol. The fourth-order valence-corrected chi connectivity index (χ4v) is 5.35. The molecule has 0 saturated carbocycles. The van der Waals surface area contributed by atoms with Crippen LogP contribution in [-0.2, 0) is 21.2 Å². The Hall–Kier alpha value is -2.98. The number of rotatable bonds is 7. The number of carbonyl (C=O) groups is 2. The molecule has 2 fully saturated rings. The van der Waals surface area contributed by atoms with Gasteiger partial charge in [0, 0.05) is 56.9 Å². The molecule has 0 radical (unpaired) electrons. The summed E-state index contributed by atoms with van der Waals surface area (Å²) in [6, 6.07) is 9.38. The van der Waals surface area contributed by atoms with E-state index >= 15 is 0 Å². The highest BCUT2D eigenvalue weighted by Gasteiger charge is 2.24. The zero-order chi connectivity index (χ0) is 25.2. The molecule has 0 spiro atoms. The molecule has 2 aliphatic rings. The molecule has 2 aromatic rings. The Labute approximate surface area is 205 Å². The monoisotopic (exact) mass is 502 g/mol. The van der Waals surface area contributed by atoms with E-state index in [4.69, 9.17) is 5.14 Å².